The number of ether oxygens (including phenoxy) is 1. The van der Waals surface area contributed by atoms with Gasteiger partial charge in [0.1, 0.15) is 11.0 Å². The van der Waals surface area contributed by atoms with Crippen molar-refractivity contribution in [2.75, 3.05) is 20.3 Å². The quantitative estimate of drug-likeness (QED) is 0.777. The molecule has 0 atom stereocenters. The van der Waals surface area contributed by atoms with Crippen LogP contribution in [0.15, 0.2) is 23.2 Å². The Morgan fingerprint density at radius 3 is 2.74 bits per heavy atom. The van der Waals surface area contributed by atoms with Crippen LogP contribution in [0, 0.1) is 11.3 Å². The van der Waals surface area contributed by atoms with E-state index in [0.29, 0.717) is 6.61 Å². The van der Waals surface area contributed by atoms with Crippen LogP contribution in [-0.2, 0) is 14.8 Å². The van der Waals surface area contributed by atoms with Gasteiger partial charge >= 0.3 is 0 Å². The van der Waals surface area contributed by atoms with Crippen molar-refractivity contribution >= 4 is 10.0 Å². The van der Waals surface area contributed by atoms with Gasteiger partial charge in [-0.25, -0.2) is 13.4 Å². The molecule has 0 N–H and O–H groups in total. The first-order valence-electron chi connectivity index (χ1n) is 5.81. The van der Waals surface area contributed by atoms with Crippen LogP contribution in [0.5, 0.6) is 0 Å². The molecule has 0 unspecified atom stereocenters. The summed E-state index contributed by atoms with van der Waals surface area (Å²) in [5, 5.41) is 8.96. The Balaban J connectivity index is 3.24. The van der Waals surface area contributed by atoms with E-state index >= 15 is 0 Å². The van der Waals surface area contributed by atoms with Crippen LogP contribution < -0.4 is 0 Å². The molecule has 0 saturated carbocycles. The molecule has 0 radical (unpaired) electrons. The van der Waals surface area contributed by atoms with Gasteiger partial charge in [-0.05, 0) is 26.0 Å². The molecule has 7 heteroatoms. The Bertz CT molecular complexity index is 564. The lowest BCUT2D eigenvalue weighted by Gasteiger charge is -2.25. The molecule has 0 aliphatic carbocycles. The molecule has 0 saturated heterocycles. The number of methoxy groups -OCH3 is 1. The van der Waals surface area contributed by atoms with Gasteiger partial charge in [0.2, 0.25) is 10.0 Å². The molecule has 19 heavy (non-hydrogen) atoms. The molecule has 1 aromatic rings. The summed E-state index contributed by atoms with van der Waals surface area (Å²) in [5.41, 5.74) is -0.0921. The van der Waals surface area contributed by atoms with E-state index in [-0.39, 0.29) is 23.2 Å². The Kier molecular flexibility index (Phi) is 5.42. The third-order valence-corrected chi connectivity index (χ3v) is 4.66. The Morgan fingerprint density at radius 1 is 1.53 bits per heavy atom. The monoisotopic (exact) mass is 283 g/mol. The summed E-state index contributed by atoms with van der Waals surface area (Å²) in [6, 6.07) is 4.47. The van der Waals surface area contributed by atoms with Crippen molar-refractivity contribution < 1.29 is 13.2 Å². The van der Waals surface area contributed by atoms with Gasteiger partial charge in [-0.2, -0.15) is 9.57 Å². The predicted octanol–water partition coefficient (Wildman–Crippen LogP) is 0.999. The minimum absolute atomic E-state index is 0.0673. The molecule has 0 spiro atoms. The molecule has 1 aromatic heterocycles. The highest BCUT2D eigenvalue weighted by Crippen LogP contribution is 2.20. The van der Waals surface area contributed by atoms with Gasteiger partial charge in [0.25, 0.3) is 0 Å². The number of hydrogen-bond donors (Lipinski definition) is 0. The van der Waals surface area contributed by atoms with Crippen molar-refractivity contribution in [3.8, 4) is 6.07 Å². The summed E-state index contributed by atoms with van der Waals surface area (Å²) in [7, 11) is -2.24. The van der Waals surface area contributed by atoms with Gasteiger partial charge in [-0.15, -0.1) is 0 Å². The molecule has 1 heterocycles. The molecule has 0 fully saturated rings. The first-order valence-corrected chi connectivity index (χ1v) is 7.25. The minimum Gasteiger partial charge on any atom is -0.383 e. The predicted molar refractivity (Wildman–Crippen MR) is 69.9 cm³/mol. The van der Waals surface area contributed by atoms with Crippen LogP contribution in [0.3, 0.4) is 0 Å². The summed E-state index contributed by atoms with van der Waals surface area (Å²) in [5.74, 6) is 0. The van der Waals surface area contributed by atoms with Gasteiger partial charge < -0.3 is 4.74 Å². The third-order valence-electron chi connectivity index (χ3n) is 2.55. The molecule has 0 aliphatic heterocycles. The largest absolute Gasteiger partial charge is 0.383 e. The number of rotatable bonds is 6. The molecule has 0 bridgehead atoms. The summed E-state index contributed by atoms with van der Waals surface area (Å²) in [6.45, 7) is 4.07. The van der Waals surface area contributed by atoms with E-state index in [0.717, 1.165) is 0 Å². The highest BCUT2D eigenvalue weighted by atomic mass is 32.2. The number of aromatic nitrogens is 1. The molecular weight excluding hydrogens is 266 g/mol. The van der Waals surface area contributed by atoms with Gasteiger partial charge in [0.05, 0.1) is 6.61 Å². The molecule has 1 rings (SSSR count). The topological polar surface area (TPSA) is 83.3 Å². The molecular formula is C12H17N3O3S. The first-order chi connectivity index (χ1) is 8.95. The average Bonchev–Trinajstić information content (AvgIpc) is 2.38. The van der Waals surface area contributed by atoms with Gasteiger partial charge in [-0.1, -0.05) is 0 Å². The van der Waals surface area contributed by atoms with Crippen LogP contribution in [0.2, 0.25) is 0 Å². The zero-order valence-electron chi connectivity index (χ0n) is 11.2. The average molecular weight is 283 g/mol. The number of nitriles is 1. The lowest BCUT2D eigenvalue weighted by atomic mass is 10.4. The second-order valence-corrected chi connectivity index (χ2v) is 6.02. The summed E-state index contributed by atoms with van der Waals surface area (Å²) < 4.78 is 31.3. The summed E-state index contributed by atoms with van der Waals surface area (Å²) in [4.78, 5) is 3.72. The van der Waals surface area contributed by atoms with Crippen LogP contribution >= 0.6 is 0 Å². The second-order valence-electron chi connectivity index (χ2n) is 4.16. The molecule has 0 aromatic carbocycles. The van der Waals surface area contributed by atoms with Crippen LogP contribution in [0.4, 0.5) is 0 Å². The van der Waals surface area contributed by atoms with Crippen LogP contribution in [-0.4, -0.2) is 44.0 Å². The molecule has 6 nitrogen and oxygen atoms in total. The molecule has 104 valence electrons. The normalized spacial score (nSPS) is 11.8. The SMILES string of the molecule is COCCN(C(C)C)S(=O)(=O)c1cccnc1C#N. The van der Waals surface area contributed by atoms with Crippen LogP contribution in [0.1, 0.15) is 19.5 Å². The highest BCUT2D eigenvalue weighted by molar-refractivity contribution is 7.89. The molecule has 0 amide bonds. The number of hydrogen-bond acceptors (Lipinski definition) is 5. The summed E-state index contributed by atoms with van der Waals surface area (Å²) in [6.07, 6.45) is 1.40. The Hall–Kier alpha value is -1.49. The summed E-state index contributed by atoms with van der Waals surface area (Å²) >= 11 is 0. The van der Waals surface area contributed by atoms with E-state index in [1.165, 1.54) is 29.7 Å². The second kappa shape index (κ2) is 6.61. The smallest absolute Gasteiger partial charge is 0.246 e. The van der Waals surface area contributed by atoms with E-state index in [1.54, 1.807) is 19.9 Å². The number of pyridine rings is 1. The van der Waals surface area contributed by atoms with E-state index in [9.17, 15) is 8.42 Å². The van der Waals surface area contributed by atoms with Crippen molar-refractivity contribution in [3.63, 3.8) is 0 Å². The Labute approximate surface area is 113 Å². The lowest BCUT2D eigenvalue weighted by molar-refractivity contribution is 0.171. The maximum Gasteiger partial charge on any atom is 0.246 e. The van der Waals surface area contributed by atoms with E-state index in [1.807, 2.05) is 0 Å². The Morgan fingerprint density at radius 2 is 2.21 bits per heavy atom. The fourth-order valence-corrected chi connectivity index (χ4v) is 3.36. The zero-order chi connectivity index (χ0) is 14.5. The van der Waals surface area contributed by atoms with Crippen molar-refractivity contribution in [1.82, 2.24) is 9.29 Å². The highest BCUT2D eigenvalue weighted by Gasteiger charge is 2.29. The lowest BCUT2D eigenvalue weighted by Crippen LogP contribution is -2.39. The van der Waals surface area contributed by atoms with Crippen molar-refractivity contribution in [2.24, 2.45) is 0 Å². The van der Waals surface area contributed by atoms with Gasteiger partial charge in [0, 0.05) is 25.9 Å². The maximum absolute atomic E-state index is 12.5. The van der Waals surface area contributed by atoms with Crippen molar-refractivity contribution in [2.45, 2.75) is 24.8 Å². The fourth-order valence-electron chi connectivity index (χ4n) is 1.65. The number of nitrogens with zero attached hydrogens (tertiary/aromatic N) is 3. The van der Waals surface area contributed by atoms with E-state index in [4.69, 9.17) is 10.00 Å². The van der Waals surface area contributed by atoms with Gasteiger partial charge in [0.15, 0.2) is 5.69 Å². The fraction of sp³-hybridized carbons (Fsp3) is 0.500. The van der Waals surface area contributed by atoms with E-state index < -0.39 is 10.0 Å². The van der Waals surface area contributed by atoms with Crippen LogP contribution in [0.25, 0.3) is 0 Å². The van der Waals surface area contributed by atoms with Crippen molar-refractivity contribution in [1.29, 1.82) is 5.26 Å². The third kappa shape index (κ3) is 3.50. The van der Waals surface area contributed by atoms with Crippen molar-refractivity contribution in [3.05, 3.63) is 24.0 Å². The zero-order valence-corrected chi connectivity index (χ0v) is 12.0. The standard InChI is InChI=1S/C12H17N3O3S/c1-10(2)15(7-8-18-3)19(16,17)12-5-4-6-14-11(12)9-13/h4-6,10H,7-8H2,1-3H3. The maximum atomic E-state index is 12.5. The molecule has 0 aliphatic rings. The minimum atomic E-state index is -3.75. The number of sulfonamides is 1. The van der Waals surface area contributed by atoms with E-state index in [2.05, 4.69) is 4.98 Å². The van der Waals surface area contributed by atoms with Gasteiger partial charge in [-0.3, -0.25) is 0 Å². The first kappa shape index (κ1) is 15.6.